The molecule has 0 heterocycles. The Hall–Kier alpha value is -1.04. The molecule has 0 aliphatic rings. The first-order valence-corrected chi connectivity index (χ1v) is 4.40. The van der Waals surface area contributed by atoms with Crippen molar-refractivity contribution in [3.8, 4) is 0 Å². The Kier molecular flexibility index (Phi) is 3.59. The van der Waals surface area contributed by atoms with Crippen LogP contribution in [0.15, 0.2) is 12.0 Å². The normalized spacial score (nSPS) is 10.5. The highest BCUT2D eigenvalue weighted by atomic mass is 32.2. The summed E-state index contributed by atoms with van der Waals surface area (Å²) in [7, 11) is -3.34. The molecule has 0 aliphatic heterocycles. The number of carboxylic acid groups (broad SMARTS) is 1. The average Bonchev–Trinajstić information content (AvgIpc) is 1.87. The molecule has 0 aromatic heterocycles. The van der Waals surface area contributed by atoms with Gasteiger partial charge in [0.2, 0.25) is 0 Å². The van der Waals surface area contributed by atoms with Gasteiger partial charge in [-0.15, -0.1) is 0 Å². The number of carbonyl (C=O) groups is 1. The molecule has 0 rings (SSSR count). The van der Waals surface area contributed by atoms with Crippen LogP contribution < -0.4 is 0 Å². The molecule has 0 amide bonds. The molecule has 6 heteroatoms. The monoisotopic (exact) mass is 180 g/mol. The van der Waals surface area contributed by atoms with Crippen molar-refractivity contribution in [1.82, 2.24) is 0 Å². The summed E-state index contributed by atoms with van der Waals surface area (Å²) in [5, 5.41) is 8.70. The largest absolute Gasteiger partial charge is 0.505 e. The molecule has 0 saturated heterocycles. The summed E-state index contributed by atoms with van der Waals surface area (Å²) in [4.78, 5) is 9.73. The van der Waals surface area contributed by atoms with Gasteiger partial charge in [-0.25, -0.2) is 13.2 Å². The van der Waals surface area contributed by atoms with Gasteiger partial charge in [-0.2, -0.15) is 0 Å². The molecular weight excluding hydrogens is 172 g/mol. The van der Waals surface area contributed by atoms with Crippen molar-refractivity contribution in [3.05, 3.63) is 12.0 Å². The Morgan fingerprint density at radius 2 is 2.18 bits per heavy atom. The second kappa shape index (κ2) is 3.97. The minimum absolute atomic E-state index is 0.357. The van der Waals surface area contributed by atoms with Crippen molar-refractivity contribution in [1.29, 1.82) is 0 Å². The van der Waals surface area contributed by atoms with E-state index in [2.05, 4.69) is 11.3 Å². The summed E-state index contributed by atoms with van der Waals surface area (Å²) in [6.07, 6.45) is -1.48. The van der Waals surface area contributed by atoms with Crippen molar-refractivity contribution in [2.75, 3.05) is 12.4 Å². The van der Waals surface area contributed by atoms with E-state index in [1.54, 1.807) is 0 Å². The maximum absolute atomic E-state index is 10.6. The molecule has 11 heavy (non-hydrogen) atoms. The Balaban J connectivity index is 3.72. The van der Waals surface area contributed by atoms with Crippen molar-refractivity contribution in [3.63, 3.8) is 0 Å². The zero-order chi connectivity index (χ0) is 8.91. The van der Waals surface area contributed by atoms with E-state index in [-0.39, 0.29) is 12.4 Å². The highest BCUT2D eigenvalue weighted by Crippen LogP contribution is 1.90. The van der Waals surface area contributed by atoms with Gasteiger partial charge in [0.1, 0.15) is 6.61 Å². The topological polar surface area (TPSA) is 80.7 Å². The van der Waals surface area contributed by atoms with Crippen LogP contribution in [0.25, 0.3) is 0 Å². The summed E-state index contributed by atoms with van der Waals surface area (Å²) in [6.45, 7) is 2.68. The highest BCUT2D eigenvalue weighted by Gasteiger charge is 2.05. The smallest absolute Gasteiger partial charge is 0.450 e. The lowest BCUT2D eigenvalue weighted by molar-refractivity contribution is 0.0972. The lowest BCUT2D eigenvalue weighted by atomic mass is 10.9. The molecule has 0 atom stereocenters. The Labute approximate surface area is 64.2 Å². The van der Waals surface area contributed by atoms with Crippen LogP contribution in [-0.2, 0) is 14.6 Å². The van der Waals surface area contributed by atoms with E-state index < -0.39 is 16.0 Å². The molecule has 0 fully saturated rings. The molecule has 64 valence electrons. The van der Waals surface area contributed by atoms with Crippen molar-refractivity contribution in [2.24, 2.45) is 0 Å². The summed E-state index contributed by atoms with van der Waals surface area (Å²) < 4.78 is 25.1. The Morgan fingerprint density at radius 1 is 1.64 bits per heavy atom. The Bertz CT molecular complexity index is 240. The van der Waals surface area contributed by atoms with Gasteiger partial charge in [0, 0.05) is 5.41 Å². The number of hydrogen-bond donors (Lipinski definition) is 1. The predicted molar refractivity (Wildman–Crippen MR) is 38.0 cm³/mol. The van der Waals surface area contributed by atoms with Gasteiger partial charge >= 0.3 is 6.16 Å². The number of hydrogen-bond acceptors (Lipinski definition) is 4. The molecular formula is C5H8O5S. The zero-order valence-electron chi connectivity index (χ0n) is 5.69. The third kappa shape index (κ3) is 5.41. The van der Waals surface area contributed by atoms with Crippen LogP contribution in [-0.4, -0.2) is 32.0 Å². The van der Waals surface area contributed by atoms with Crippen LogP contribution in [0.4, 0.5) is 4.79 Å². The fourth-order valence-electron chi connectivity index (χ4n) is 0.328. The fourth-order valence-corrected chi connectivity index (χ4v) is 0.811. The van der Waals surface area contributed by atoms with Crippen LogP contribution in [0.2, 0.25) is 0 Å². The second-order valence-electron chi connectivity index (χ2n) is 1.65. The number of rotatable bonds is 4. The SMILES string of the molecule is C=CS(=O)(=O)CCOC(=O)O. The average molecular weight is 180 g/mol. The molecule has 0 aliphatic carbocycles. The van der Waals surface area contributed by atoms with Crippen molar-refractivity contribution in [2.45, 2.75) is 0 Å². The van der Waals surface area contributed by atoms with Gasteiger partial charge < -0.3 is 9.84 Å². The van der Waals surface area contributed by atoms with Crippen LogP contribution in [0.3, 0.4) is 0 Å². The van der Waals surface area contributed by atoms with Gasteiger partial charge in [-0.3, -0.25) is 0 Å². The van der Waals surface area contributed by atoms with Crippen LogP contribution in [0.1, 0.15) is 0 Å². The summed E-state index contributed by atoms with van der Waals surface area (Å²) in [6, 6.07) is 0. The number of ether oxygens (including phenoxy) is 1. The Morgan fingerprint density at radius 3 is 2.55 bits per heavy atom. The first-order chi connectivity index (χ1) is 4.98. The third-order valence-corrected chi connectivity index (χ3v) is 2.09. The lowest BCUT2D eigenvalue weighted by Gasteiger charge is -1.97. The molecule has 0 unspecified atom stereocenters. The van der Waals surface area contributed by atoms with E-state index in [1.165, 1.54) is 0 Å². The molecule has 0 spiro atoms. The maximum atomic E-state index is 10.6. The first-order valence-electron chi connectivity index (χ1n) is 2.69. The number of sulfone groups is 1. The molecule has 1 N–H and O–H groups in total. The maximum Gasteiger partial charge on any atom is 0.505 e. The van der Waals surface area contributed by atoms with E-state index in [4.69, 9.17) is 5.11 Å². The summed E-state index contributed by atoms with van der Waals surface area (Å²) in [5.41, 5.74) is 0. The van der Waals surface area contributed by atoms with Gasteiger partial charge in [0.25, 0.3) is 0 Å². The summed E-state index contributed by atoms with van der Waals surface area (Å²) >= 11 is 0. The highest BCUT2D eigenvalue weighted by molar-refractivity contribution is 7.94. The lowest BCUT2D eigenvalue weighted by Crippen LogP contribution is -2.11. The fraction of sp³-hybridized carbons (Fsp3) is 0.400. The zero-order valence-corrected chi connectivity index (χ0v) is 6.50. The molecule has 0 radical (unpaired) electrons. The third-order valence-electron chi connectivity index (χ3n) is 0.847. The van der Waals surface area contributed by atoms with Gasteiger partial charge in [0.15, 0.2) is 9.84 Å². The van der Waals surface area contributed by atoms with E-state index in [0.29, 0.717) is 0 Å². The summed E-state index contributed by atoms with van der Waals surface area (Å²) in [5.74, 6) is -0.358. The molecule has 0 saturated carbocycles. The van der Waals surface area contributed by atoms with E-state index >= 15 is 0 Å². The van der Waals surface area contributed by atoms with Gasteiger partial charge in [0.05, 0.1) is 5.75 Å². The van der Waals surface area contributed by atoms with Crippen LogP contribution >= 0.6 is 0 Å². The molecule has 5 nitrogen and oxygen atoms in total. The van der Waals surface area contributed by atoms with E-state index in [0.717, 1.165) is 5.41 Å². The molecule has 0 bridgehead atoms. The van der Waals surface area contributed by atoms with E-state index in [1.807, 2.05) is 0 Å². The van der Waals surface area contributed by atoms with Gasteiger partial charge in [-0.05, 0) is 0 Å². The standard InChI is InChI=1S/C5H8O5S/c1-2-11(8,9)4-3-10-5(6)7/h2H,1,3-4H2,(H,6,7). The second-order valence-corrected chi connectivity index (χ2v) is 3.72. The van der Waals surface area contributed by atoms with Gasteiger partial charge in [-0.1, -0.05) is 6.58 Å². The quantitative estimate of drug-likeness (QED) is 0.627. The van der Waals surface area contributed by atoms with Crippen molar-refractivity contribution >= 4 is 16.0 Å². The minimum Gasteiger partial charge on any atom is -0.450 e. The van der Waals surface area contributed by atoms with Crippen LogP contribution in [0, 0.1) is 0 Å². The molecule has 0 aromatic rings. The van der Waals surface area contributed by atoms with Crippen LogP contribution in [0.5, 0.6) is 0 Å². The predicted octanol–water partition coefficient (Wildman–Crippen LogP) is 0.239. The first kappa shape index (κ1) is 9.96. The molecule has 0 aromatic carbocycles. The van der Waals surface area contributed by atoms with Crippen molar-refractivity contribution < 1.29 is 23.1 Å². The van der Waals surface area contributed by atoms with E-state index in [9.17, 15) is 13.2 Å². The minimum atomic E-state index is -3.34.